The Morgan fingerprint density at radius 1 is 0.305 bits per heavy atom. The Hall–Kier alpha value is -8.02. The van der Waals surface area contributed by atoms with Crippen LogP contribution in [0.2, 0.25) is 0 Å². The number of para-hydroxylation sites is 5. The Morgan fingerprint density at radius 3 is 1.56 bits per heavy atom. The number of hydrogen-bond donors (Lipinski definition) is 0. The monoisotopic (exact) mass is 751 g/mol. The zero-order valence-electron chi connectivity index (χ0n) is 31.8. The van der Waals surface area contributed by atoms with E-state index in [0.29, 0.717) is 5.95 Å². The summed E-state index contributed by atoms with van der Waals surface area (Å²) in [6.07, 6.45) is 0. The van der Waals surface area contributed by atoms with Crippen molar-refractivity contribution in [3.63, 3.8) is 0 Å². The van der Waals surface area contributed by atoms with Crippen LogP contribution in [0.25, 0.3) is 116 Å². The molecule has 0 radical (unpaired) electrons. The average Bonchev–Trinajstić information content (AvgIpc) is 3.95. The van der Waals surface area contributed by atoms with E-state index in [-0.39, 0.29) is 0 Å². The van der Waals surface area contributed by atoms with Crippen molar-refractivity contribution in [2.45, 2.75) is 0 Å². The standard InChI is InChI=1S/C54H33N5/c1-4-16-35(17-5-1)51-40-23-10-13-25-43(40)55-54(56-51)59-44-26-14-11-22-38(44)39-30-31-42-50-47(58(53(42)52(39)59)37-20-8-3-9-21-37)33-29-34-28-32-46-49(48(34)50)41-24-12-15-27-45(41)57(46)36-18-6-2-7-19-36/h1-33H. The zero-order valence-corrected chi connectivity index (χ0v) is 31.8. The predicted molar refractivity (Wildman–Crippen MR) is 245 cm³/mol. The van der Waals surface area contributed by atoms with Crippen LogP contribution in [-0.4, -0.2) is 23.7 Å². The van der Waals surface area contributed by atoms with E-state index in [1.165, 1.54) is 43.4 Å². The molecular weight excluding hydrogens is 719 g/mol. The molecule has 0 bridgehead atoms. The van der Waals surface area contributed by atoms with Crippen molar-refractivity contribution >= 4 is 87.1 Å². The molecule has 0 spiro atoms. The van der Waals surface area contributed by atoms with E-state index in [4.69, 9.17) is 9.97 Å². The van der Waals surface area contributed by atoms with Crippen LogP contribution < -0.4 is 0 Å². The summed E-state index contributed by atoms with van der Waals surface area (Å²) in [5, 5.41) is 10.7. The largest absolute Gasteiger partial charge is 0.309 e. The third-order valence-corrected chi connectivity index (χ3v) is 12.2. The van der Waals surface area contributed by atoms with Crippen molar-refractivity contribution in [2.24, 2.45) is 0 Å². The highest BCUT2D eigenvalue weighted by Crippen LogP contribution is 2.47. The number of benzene rings is 9. The molecule has 0 aliphatic heterocycles. The lowest BCUT2D eigenvalue weighted by Crippen LogP contribution is -2.04. The van der Waals surface area contributed by atoms with Gasteiger partial charge in [0.15, 0.2) is 0 Å². The normalized spacial score (nSPS) is 12.1. The summed E-state index contributed by atoms with van der Waals surface area (Å²) in [5.41, 5.74) is 11.9. The fraction of sp³-hybridized carbons (Fsp3) is 0. The molecule has 0 atom stereocenters. The Bertz CT molecular complexity index is 3820. The molecule has 0 aliphatic rings. The van der Waals surface area contributed by atoms with Crippen molar-refractivity contribution in [3.05, 3.63) is 200 Å². The zero-order chi connectivity index (χ0) is 38.6. The maximum absolute atomic E-state index is 5.47. The topological polar surface area (TPSA) is 40.6 Å². The Morgan fingerprint density at radius 2 is 0.831 bits per heavy atom. The van der Waals surface area contributed by atoms with Crippen LogP contribution in [0.3, 0.4) is 0 Å². The summed E-state index contributed by atoms with van der Waals surface area (Å²) in [4.78, 5) is 10.8. The number of aromatic nitrogens is 5. The molecule has 274 valence electrons. The van der Waals surface area contributed by atoms with E-state index in [2.05, 4.69) is 214 Å². The summed E-state index contributed by atoms with van der Waals surface area (Å²) in [6, 6.07) is 71.7. The fourth-order valence-corrected chi connectivity index (χ4v) is 9.80. The van der Waals surface area contributed by atoms with Gasteiger partial charge in [0.05, 0.1) is 44.3 Å². The summed E-state index contributed by atoms with van der Waals surface area (Å²) in [7, 11) is 0. The van der Waals surface area contributed by atoms with Crippen molar-refractivity contribution in [1.29, 1.82) is 0 Å². The molecule has 5 heteroatoms. The average molecular weight is 752 g/mol. The molecule has 0 N–H and O–H groups in total. The summed E-state index contributed by atoms with van der Waals surface area (Å²) in [6.45, 7) is 0. The second-order valence-corrected chi connectivity index (χ2v) is 15.3. The van der Waals surface area contributed by atoms with E-state index in [0.717, 1.165) is 66.4 Å². The van der Waals surface area contributed by atoms with E-state index in [9.17, 15) is 0 Å². The molecular formula is C54H33N5. The first-order valence-electron chi connectivity index (χ1n) is 20.1. The first kappa shape index (κ1) is 32.1. The number of fused-ring (bicyclic) bond motifs is 14. The van der Waals surface area contributed by atoms with E-state index in [1.54, 1.807) is 0 Å². The van der Waals surface area contributed by atoms with Gasteiger partial charge >= 0.3 is 0 Å². The predicted octanol–water partition coefficient (Wildman–Crippen LogP) is 13.7. The van der Waals surface area contributed by atoms with Gasteiger partial charge in [-0.15, -0.1) is 0 Å². The molecule has 0 saturated heterocycles. The van der Waals surface area contributed by atoms with Gasteiger partial charge in [0.25, 0.3) is 0 Å². The van der Waals surface area contributed by atoms with E-state index < -0.39 is 0 Å². The van der Waals surface area contributed by atoms with Crippen LogP contribution in [-0.2, 0) is 0 Å². The second kappa shape index (κ2) is 12.2. The lowest BCUT2D eigenvalue weighted by molar-refractivity contribution is 1.01. The molecule has 0 saturated carbocycles. The van der Waals surface area contributed by atoms with Crippen LogP contribution in [0, 0.1) is 0 Å². The van der Waals surface area contributed by atoms with Crippen LogP contribution in [0.15, 0.2) is 200 Å². The molecule has 0 unspecified atom stereocenters. The lowest BCUT2D eigenvalue weighted by Gasteiger charge is -2.13. The van der Waals surface area contributed by atoms with Gasteiger partial charge in [-0.2, -0.15) is 0 Å². The third-order valence-electron chi connectivity index (χ3n) is 12.2. The Labute approximate surface area is 338 Å². The number of rotatable bonds is 4. The van der Waals surface area contributed by atoms with Crippen LogP contribution >= 0.6 is 0 Å². The van der Waals surface area contributed by atoms with Crippen LogP contribution in [0.1, 0.15) is 0 Å². The van der Waals surface area contributed by atoms with Crippen LogP contribution in [0.5, 0.6) is 0 Å². The molecule has 4 heterocycles. The summed E-state index contributed by atoms with van der Waals surface area (Å²) >= 11 is 0. The first-order valence-corrected chi connectivity index (χ1v) is 20.1. The number of nitrogens with zero attached hydrogens (tertiary/aromatic N) is 5. The van der Waals surface area contributed by atoms with Crippen molar-refractivity contribution < 1.29 is 0 Å². The Balaban J connectivity index is 1.25. The SMILES string of the molecule is c1ccc(-c2nc(-n3c4ccccc4c4ccc5c6c7c(ccc8c7c7ccccc7n8-c7ccccc7)ccc6n(-c6ccccc6)c5c43)nc3ccccc23)cc1. The summed E-state index contributed by atoms with van der Waals surface area (Å²) in [5.74, 6) is 0.643. The van der Waals surface area contributed by atoms with Gasteiger partial charge in [0, 0.05) is 60.0 Å². The molecule has 59 heavy (non-hydrogen) atoms. The van der Waals surface area contributed by atoms with Gasteiger partial charge in [-0.3, -0.25) is 4.57 Å². The minimum atomic E-state index is 0.643. The highest BCUT2D eigenvalue weighted by atomic mass is 15.2. The molecule has 13 rings (SSSR count). The number of hydrogen-bond acceptors (Lipinski definition) is 2. The molecule has 0 aliphatic carbocycles. The molecule has 0 fully saturated rings. The van der Waals surface area contributed by atoms with E-state index >= 15 is 0 Å². The smallest absolute Gasteiger partial charge is 0.235 e. The first-order chi connectivity index (χ1) is 29.3. The van der Waals surface area contributed by atoms with Gasteiger partial charge in [0.2, 0.25) is 5.95 Å². The van der Waals surface area contributed by atoms with Gasteiger partial charge < -0.3 is 9.13 Å². The van der Waals surface area contributed by atoms with Crippen molar-refractivity contribution in [3.8, 4) is 28.6 Å². The molecule has 13 aromatic rings. The quantitative estimate of drug-likeness (QED) is 0.180. The molecule has 0 amide bonds. The maximum atomic E-state index is 5.47. The van der Waals surface area contributed by atoms with Gasteiger partial charge in [-0.05, 0) is 60.0 Å². The Kier molecular flexibility index (Phi) is 6.66. The fourth-order valence-electron chi connectivity index (χ4n) is 9.80. The summed E-state index contributed by atoms with van der Waals surface area (Å²) < 4.78 is 7.19. The minimum absolute atomic E-state index is 0.643. The highest BCUT2D eigenvalue weighted by molar-refractivity contribution is 6.35. The maximum Gasteiger partial charge on any atom is 0.235 e. The van der Waals surface area contributed by atoms with Gasteiger partial charge in [0.1, 0.15) is 0 Å². The van der Waals surface area contributed by atoms with Crippen molar-refractivity contribution in [1.82, 2.24) is 23.7 Å². The lowest BCUT2D eigenvalue weighted by atomic mass is 9.98. The van der Waals surface area contributed by atoms with E-state index in [1.807, 2.05) is 0 Å². The second-order valence-electron chi connectivity index (χ2n) is 15.3. The molecule has 4 aromatic heterocycles. The van der Waals surface area contributed by atoms with Crippen LogP contribution in [0.4, 0.5) is 0 Å². The van der Waals surface area contributed by atoms with Gasteiger partial charge in [-0.1, -0.05) is 146 Å². The minimum Gasteiger partial charge on any atom is -0.309 e. The molecule has 9 aromatic carbocycles. The van der Waals surface area contributed by atoms with Crippen molar-refractivity contribution in [2.75, 3.05) is 0 Å². The molecule has 5 nitrogen and oxygen atoms in total. The van der Waals surface area contributed by atoms with Gasteiger partial charge in [-0.25, -0.2) is 9.97 Å². The highest BCUT2D eigenvalue weighted by Gasteiger charge is 2.25. The third kappa shape index (κ3) is 4.50.